The van der Waals surface area contributed by atoms with E-state index in [2.05, 4.69) is 24.3 Å². The third-order valence-corrected chi connectivity index (χ3v) is 6.80. The maximum absolute atomic E-state index is 13.4. The minimum Gasteiger partial charge on any atom is -0.490 e. The number of carbonyl (C=O) groups excluding carboxylic acids is 2. The van der Waals surface area contributed by atoms with Crippen LogP contribution in [0.1, 0.15) is 61.4 Å². The predicted octanol–water partition coefficient (Wildman–Crippen LogP) is 4.71. The molecule has 2 fully saturated rings. The van der Waals surface area contributed by atoms with Crippen LogP contribution in [-0.4, -0.2) is 60.5 Å². The third kappa shape index (κ3) is 6.10. The van der Waals surface area contributed by atoms with Crippen molar-refractivity contribution in [1.82, 2.24) is 9.80 Å². The molecule has 0 N–H and O–H groups in total. The van der Waals surface area contributed by atoms with Crippen molar-refractivity contribution in [2.45, 2.75) is 57.9 Å². The topological polar surface area (TPSA) is 59.1 Å². The molecule has 1 atom stereocenters. The summed E-state index contributed by atoms with van der Waals surface area (Å²) < 4.78 is 11.6. The second kappa shape index (κ2) is 11.9. The Hall–Kier alpha value is -3.02. The van der Waals surface area contributed by atoms with Crippen LogP contribution in [0.2, 0.25) is 0 Å². The molecule has 1 unspecified atom stereocenters. The summed E-state index contributed by atoms with van der Waals surface area (Å²) >= 11 is 0. The molecule has 0 radical (unpaired) electrons. The van der Waals surface area contributed by atoms with Crippen molar-refractivity contribution in [1.29, 1.82) is 0 Å². The van der Waals surface area contributed by atoms with Gasteiger partial charge >= 0.3 is 0 Å². The number of benzene rings is 2. The highest BCUT2D eigenvalue weighted by Gasteiger charge is 2.29. The van der Waals surface area contributed by atoms with Crippen LogP contribution in [-0.2, 0) is 11.2 Å². The van der Waals surface area contributed by atoms with Crippen LogP contribution in [0.4, 0.5) is 0 Å². The number of carbonyl (C=O) groups is 2. The molecule has 2 aliphatic heterocycles. The first-order chi connectivity index (χ1) is 16.7. The fraction of sp³-hybridized carbons (Fsp3) is 0.500. The van der Waals surface area contributed by atoms with Crippen LogP contribution >= 0.6 is 0 Å². The van der Waals surface area contributed by atoms with Gasteiger partial charge < -0.3 is 19.3 Å². The number of aryl methyl sites for hydroxylation is 1. The molecule has 6 heteroatoms. The fourth-order valence-electron chi connectivity index (χ4n) is 4.95. The van der Waals surface area contributed by atoms with Crippen molar-refractivity contribution in [3.63, 3.8) is 0 Å². The minimum atomic E-state index is -0.0128. The molecule has 0 aliphatic carbocycles. The van der Waals surface area contributed by atoms with E-state index in [1.165, 1.54) is 12.0 Å². The molecule has 34 heavy (non-hydrogen) atoms. The van der Waals surface area contributed by atoms with Crippen LogP contribution in [0.3, 0.4) is 0 Å². The van der Waals surface area contributed by atoms with Crippen LogP contribution in [0, 0.1) is 0 Å². The Bertz CT molecular complexity index is 956. The minimum absolute atomic E-state index is 0.000580. The zero-order valence-electron chi connectivity index (χ0n) is 20.2. The van der Waals surface area contributed by atoms with Gasteiger partial charge in [0.05, 0.1) is 6.61 Å². The predicted molar refractivity (Wildman–Crippen MR) is 132 cm³/mol. The highest BCUT2D eigenvalue weighted by Crippen LogP contribution is 2.31. The standard InChI is InChI=1S/C28H36N2O4/c1-2-33-26-20-23(14-16-25(26)34-21-27(31)29-17-7-4-8-18-29)28(32)30-19-9-12-24(30)15-13-22-10-5-3-6-11-22/h3,5-6,10-11,14,16,20,24H,2,4,7-9,12-13,15,17-19,21H2,1H3. The van der Waals surface area contributed by atoms with Gasteiger partial charge in [-0.05, 0) is 75.6 Å². The van der Waals surface area contributed by atoms with E-state index in [-0.39, 0.29) is 24.5 Å². The monoisotopic (exact) mass is 464 g/mol. The lowest BCUT2D eigenvalue weighted by atomic mass is 10.0. The Balaban J connectivity index is 1.39. The number of hydrogen-bond donors (Lipinski definition) is 0. The second-order valence-corrected chi connectivity index (χ2v) is 9.14. The average molecular weight is 465 g/mol. The molecule has 6 nitrogen and oxygen atoms in total. The van der Waals surface area contributed by atoms with Gasteiger partial charge in [-0.25, -0.2) is 0 Å². The molecular formula is C28H36N2O4. The van der Waals surface area contributed by atoms with Crippen molar-refractivity contribution < 1.29 is 19.1 Å². The molecule has 2 heterocycles. The number of likely N-dealkylation sites (tertiary alicyclic amines) is 2. The lowest BCUT2D eigenvalue weighted by Gasteiger charge is -2.27. The van der Waals surface area contributed by atoms with Crippen LogP contribution in [0.25, 0.3) is 0 Å². The Labute approximate surface area is 202 Å². The van der Waals surface area contributed by atoms with E-state index >= 15 is 0 Å². The molecule has 4 rings (SSSR count). The summed E-state index contributed by atoms with van der Waals surface area (Å²) in [6.45, 7) is 4.73. The summed E-state index contributed by atoms with van der Waals surface area (Å²) in [5, 5.41) is 0. The van der Waals surface area contributed by atoms with Gasteiger partial charge in [-0.3, -0.25) is 9.59 Å². The van der Waals surface area contributed by atoms with Crippen LogP contribution in [0.5, 0.6) is 11.5 Å². The number of amides is 2. The third-order valence-electron chi connectivity index (χ3n) is 6.80. The molecule has 2 amide bonds. The summed E-state index contributed by atoms with van der Waals surface area (Å²) in [6, 6.07) is 16.0. The van der Waals surface area contributed by atoms with Crippen LogP contribution < -0.4 is 9.47 Å². The summed E-state index contributed by atoms with van der Waals surface area (Å²) in [5.41, 5.74) is 1.91. The summed E-state index contributed by atoms with van der Waals surface area (Å²) in [7, 11) is 0. The Morgan fingerprint density at radius 2 is 1.71 bits per heavy atom. The zero-order chi connectivity index (χ0) is 23.8. The van der Waals surface area contributed by atoms with Crippen molar-refractivity contribution >= 4 is 11.8 Å². The number of rotatable bonds is 9. The van der Waals surface area contributed by atoms with Gasteiger partial charge in [0.1, 0.15) is 0 Å². The molecule has 0 bridgehead atoms. The number of hydrogen-bond acceptors (Lipinski definition) is 4. The Morgan fingerprint density at radius 1 is 0.912 bits per heavy atom. The van der Waals surface area contributed by atoms with Gasteiger partial charge in [-0.15, -0.1) is 0 Å². The van der Waals surface area contributed by atoms with E-state index in [9.17, 15) is 9.59 Å². The van der Waals surface area contributed by atoms with Gasteiger partial charge in [0.2, 0.25) is 0 Å². The first kappa shape index (κ1) is 24.1. The number of nitrogens with zero attached hydrogens (tertiary/aromatic N) is 2. The van der Waals surface area contributed by atoms with E-state index < -0.39 is 0 Å². The summed E-state index contributed by atoms with van der Waals surface area (Å²) in [6.07, 6.45) is 7.29. The molecule has 182 valence electrons. The van der Waals surface area contributed by atoms with E-state index in [1.54, 1.807) is 18.2 Å². The molecule has 2 saturated heterocycles. The fourth-order valence-corrected chi connectivity index (χ4v) is 4.95. The Kier molecular flexibility index (Phi) is 8.45. The van der Waals surface area contributed by atoms with Crippen molar-refractivity contribution in [3.05, 3.63) is 59.7 Å². The van der Waals surface area contributed by atoms with E-state index in [0.29, 0.717) is 23.7 Å². The first-order valence-corrected chi connectivity index (χ1v) is 12.7. The van der Waals surface area contributed by atoms with Gasteiger partial charge in [0, 0.05) is 31.2 Å². The van der Waals surface area contributed by atoms with Crippen molar-refractivity contribution in [3.8, 4) is 11.5 Å². The van der Waals surface area contributed by atoms with Gasteiger partial charge in [-0.1, -0.05) is 30.3 Å². The van der Waals surface area contributed by atoms with Gasteiger partial charge in [0.15, 0.2) is 18.1 Å². The lowest BCUT2D eigenvalue weighted by Crippen LogP contribution is -2.38. The first-order valence-electron chi connectivity index (χ1n) is 12.7. The van der Waals surface area contributed by atoms with E-state index in [0.717, 1.165) is 58.2 Å². The van der Waals surface area contributed by atoms with E-state index in [1.807, 2.05) is 22.8 Å². The molecule has 0 aromatic heterocycles. The largest absolute Gasteiger partial charge is 0.490 e. The summed E-state index contributed by atoms with van der Waals surface area (Å²) in [5.74, 6) is 1.05. The molecule has 0 spiro atoms. The second-order valence-electron chi connectivity index (χ2n) is 9.14. The van der Waals surface area contributed by atoms with Crippen molar-refractivity contribution in [2.75, 3.05) is 32.8 Å². The highest BCUT2D eigenvalue weighted by molar-refractivity contribution is 5.95. The molecular weight excluding hydrogens is 428 g/mol. The van der Waals surface area contributed by atoms with E-state index in [4.69, 9.17) is 9.47 Å². The average Bonchev–Trinajstić information content (AvgIpc) is 3.36. The smallest absolute Gasteiger partial charge is 0.260 e. The maximum atomic E-state index is 13.4. The summed E-state index contributed by atoms with van der Waals surface area (Å²) in [4.78, 5) is 29.7. The van der Waals surface area contributed by atoms with Gasteiger partial charge in [-0.2, -0.15) is 0 Å². The molecule has 2 aromatic carbocycles. The Morgan fingerprint density at radius 3 is 2.47 bits per heavy atom. The lowest BCUT2D eigenvalue weighted by molar-refractivity contribution is -0.134. The normalized spacial score (nSPS) is 18.1. The van der Waals surface area contributed by atoms with Crippen LogP contribution in [0.15, 0.2) is 48.5 Å². The molecule has 2 aliphatic rings. The highest BCUT2D eigenvalue weighted by atomic mass is 16.5. The van der Waals surface area contributed by atoms with Gasteiger partial charge in [0.25, 0.3) is 11.8 Å². The maximum Gasteiger partial charge on any atom is 0.260 e. The van der Waals surface area contributed by atoms with Crippen molar-refractivity contribution in [2.24, 2.45) is 0 Å². The quantitative estimate of drug-likeness (QED) is 0.539. The number of piperidine rings is 1. The zero-order valence-corrected chi connectivity index (χ0v) is 20.2. The molecule has 2 aromatic rings. The SMILES string of the molecule is CCOc1cc(C(=O)N2CCCC2CCc2ccccc2)ccc1OCC(=O)N1CCCCC1. The number of ether oxygens (including phenoxy) is 2. The molecule has 0 saturated carbocycles.